The lowest BCUT2D eigenvalue weighted by Crippen LogP contribution is -2.30. The third-order valence-electron chi connectivity index (χ3n) is 3.26. The highest BCUT2D eigenvalue weighted by molar-refractivity contribution is 7.09. The molecule has 3 heterocycles. The first kappa shape index (κ1) is 14.2. The Kier molecular flexibility index (Phi) is 4.62. The van der Waals surface area contributed by atoms with Gasteiger partial charge in [0.2, 0.25) is 5.95 Å². The lowest BCUT2D eigenvalue weighted by Gasteiger charge is -2.23. The van der Waals surface area contributed by atoms with Crippen molar-refractivity contribution in [2.24, 2.45) is 0 Å². The Bertz CT molecular complexity index is 582. The van der Waals surface area contributed by atoms with Gasteiger partial charge in [0, 0.05) is 18.2 Å². The summed E-state index contributed by atoms with van der Waals surface area (Å²) in [4.78, 5) is 13.1. The summed E-state index contributed by atoms with van der Waals surface area (Å²) in [6.07, 6.45) is 3.97. The first-order chi connectivity index (χ1) is 10.3. The Morgan fingerprint density at radius 3 is 3.14 bits per heavy atom. The maximum Gasteiger partial charge on any atom is 0.224 e. The van der Waals surface area contributed by atoms with Crippen LogP contribution in [0.4, 0.5) is 11.8 Å². The number of hydrogen-bond acceptors (Lipinski definition) is 7. The first-order valence-corrected chi connectivity index (χ1v) is 8.00. The second kappa shape index (κ2) is 6.82. The zero-order chi connectivity index (χ0) is 14.5. The lowest BCUT2D eigenvalue weighted by atomic mass is 10.1. The summed E-state index contributed by atoms with van der Waals surface area (Å²) in [6.45, 7) is 4.24. The number of hydrogen-bond donors (Lipinski definition) is 2. The average molecular weight is 305 g/mol. The van der Waals surface area contributed by atoms with Crippen LogP contribution in [0.15, 0.2) is 17.6 Å². The molecule has 0 radical (unpaired) electrons. The molecule has 0 saturated carbocycles. The zero-order valence-electron chi connectivity index (χ0n) is 12.0. The maximum atomic E-state index is 5.46. The molecule has 112 valence electrons. The van der Waals surface area contributed by atoms with E-state index in [0.29, 0.717) is 18.5 Å². The predicted molar refractivity (Wildman–Crippen MR) is 83.7 cm³/mol. The van der Waals surface area contributed by atoms with Crippen LogP contribution in [0.2, 0.25) is 0 Å². The van der Waals surface area contributed by atoms with Crippen molar-refractivity contribution in [1.82, 2.24) is 15.0 Å². The SMILES string of the molecule is Cc1nc(CNc2nccc(N[C@H]3CCCOC3)n2)cs1. The highest BCUT2D eigenvalue weighted by Crippen LogP contribution is 2.14. The van der Waals surface area contributed by atoms with Gasteiger partial charge in [-0.3, -0.25) is 0 Å². The van der Waals surface area contributed by atoms with E-state index in [1.807, 2.05) is 18.4 Å². The fourth-order valence-corrected chi connectivity index (χ4v) is 2.86. The van der Waals surface area contributed by atoms with E-state index in [1.165, 1.54) is 0 Å². The van der Waals surface area contributed by atoms with Crippen molar-refractivity contribution in [3.05, 3.63) is 28.3 Å². The monoisotopic (exact) mass is 305 g/mol. The van der Waals surface area contributed by atoms with Gasteiger partial charge in [-0.2, -0.15) is 4.98 Å². The number of anilines is 2. The van der Waals surface area contributed by atoms with Gasteiger partial charge in [0.1, 0.15) is 5.82 Å². The zero-order valence-corrected chi connectivity index (χ0v) is 12.8. The van der Waals surface area contributed by atoms with Crippen LogP contribution >= 0.6 is 11.3 Å². The van der Waals surface area contributed by atoms with Crippen LogP contribution in [0.25, 0.3) is 0 Å². The van der Waals surface area contributed by atoms with Crippen LogP contribution < -0.4 is 10.6 Å². The Labute approximate surface area is 128 Å². The third-order valence-corrected chi connectivity index (χ3v) is 4.08. The molecular formula is C14H19N5OS. The molecule has 1 aliphatic rings. The molecule has 1 fully saturated rings. The molecular weight excluding hydrogens is 286 g/mol. The highest BCUT2D eigenvalue weighted by atomic mass is 32.1. The first-order valence-electron chi connectivity index (χ1n) is 7.12. The summed E-state index contributed by atoms with van der Waals surface area (Å²) < 4.78 is 5.46. The van der Waals surface area contributed by atoms with E-state index >= 15 is 0 Å². The predicted octanol–water partition coefficient (Wildman–Crippen LogP) is 2.44. The van der Waals surface area contributed by atoms with E-state index in [9.17, 15) is 0 Å². The summed E-state index contributed by atoms with van der Waals surface area (Å²) in [5, 5.41) is 9.71. The van der Waals surface area contributed by atoms with E-state index < -0.39 is 0 Å². The summed E-state index contributed by atoms with van der Waals surface area (Å²) in [7, 11) is 0. The molecule has 1 aliphatic heterocycles. The second-order valence-electron chi connectivity index (χ2n) is 5.04. The quantitative estimate of drug-likeness (QED) is 0.884. The number of ether oxygens (including phenoxy) is 1. The fraction of sp³-hybridized carbons (Fsp3) is 0.500. The minimum atomic E-state index is 0.336. The van der Waals surface area contributed by atoms with Gasteiger partial charge in [-0.15, -0.1) is 11.3 Å². The molecule has 0 amide bonds. The molecule has 0 bridgehead atoms. The normalized spacial score (nSPS) is 18.4. The summed E-state index contributed by atoms with van der Waals surface area (Å²) in [5.41, 5.74) is 1.01. The molecule has 3 rings (SSSR count). The van der Waals surface area contributed by atoms with E-state index in [-0.39, 0.29) is 0 Å². The van der Waals surface area contributed by atoms with Crippen molar-refractivity contribution in [1.29, 1.82) is 0 Å². The molecule has 6 nitrogen and oxygen atoms in total. The number of nitrogens with zero attached hydrogens (tertiary/aromatic N) is 3. The van der Waals surface area contributed by atoms with Gasteiger partial charge in [-0.05, 0) is 25.8 Å². The van der Waals surface area contributed by atoms with Crippen molar-refractivity contribution in [2.75, 3.05) is 23.8 Å². The molecule has 2 aromatic heterocycles. The summed E-state index contributed by atoms with van der Waals surface area (Å²) in [5.74, 6) is 1.44. The molecule has 1 saturated heterocycles. The van der Waals surface area contributed by atoms with Crippen molar-refractivity contribution in [3.8, 4) is 0 Å². The standard InChI is InChI=1S/C14H19N5OS/c1-10-17-12(9-21-10)7-16-14-15-5-4-13(19-14)18-11-3-2-6-20-8-11/h4-5,9,11H,2-3,6-8H2,1H3,(H2,15,16,18,19)/t11-/m0/s1. The molecule has 1 atom stereocenters. The van der Waals surface area contributed by atoms with Crippen LogP contribution in [0.5, 0.6) is 0 Å². The van der Waals surface area contributed by atoms with E-state index in [1.54, 1.807) is 17.5 Å². The van der Waals surface area contributed by atoms with Crippen LogP contribution in [-0.4, -0.2) is 34.2 Å². The van der Waals surface area contributed by atoms with Crippen molar-refractivity contribution >= 4 is 23.1 Å². The van der Waals surface area contributed by atoms with Gasteiger partial charge in [0.05, 0.1) is 29.9 Å². The van der Waals surface area contributed by atoms with Gasteiger partial charge in [-0.1, -0.05) is 0 Å². The van der Waals surface area contributed by atoms with E-state index in [4.69, 9.17) is 4.74 Å². The van der Waals surface area contributed by atoms with Crippen LogP contribution in [0.3, 0.4) is 0 Å². The molecule has 7 heteroatoms. The number of aryl methyl sites for hydroxylation is 1. The van der Waals surface area contributed by atoms with Crippen molar-refractivity contribution in [3.63, 3.8) is 0 Å². The van der Waals surface area contributed by atoms with Gasteiger partial charge >= 0.3 is 0 Å². The molecule has 0 aromatic carbocycles. The molecule has 21 heavy (non-hydrogen) atoms. The summed E-state index contributed by atoms with van der Waals surface area (Å²) in [6, 6.07) is 2.22. The molecule has 0 spiro atoms. The Morgan fingerprint density at radius 1 is 1.43 bits per heavy atom. The Hall–Kier alpha value is -1.73. The molecule has 2 N–H and O–H groups in total. The number of aromatic nitrogens is 3. The lowest BCUT2D eigenvalue weighted by molar-refractivity contribution is 0.0875. The van der Waals surface area contributed by atoms with E-state index in [2.05, 4.69) is 25.6 Å². The average Bonchev–Trinajstić information content (AvgIpc) is 2.92. The van der Waals surface area contributed by atoms with Crippen LogP contribution in [-0.2, 0) is 11.3 Å². The summed E-state index contributed by atoms with van der Waals surface area (Å²) >= 11 is 1.65. The van der Waals surface area contributed by atoms with Gasteiger partial charge in [0.15, 0.2) is 0 Å². The number of nitrogens with one attached hydrogen (secondary N) is 2. The topological polar surface area (TPSA) is 72.0 Å². The third kappa shape index (κ3) is 4.12. The smallest absolute Gasteiger partial charge is 0.224 e. The van der Waals surface area contributed by atoms with Crippen LogP contribution in [0, 0.1) is 6.92 Å². The van der Waals surface area contributed by atoms with Gasteiger partial charge in [-0.25, -0.2) is 9.97 Å². The Balaban J connectivity index is 1.57. The Morgan fingerprint density at radius 2 is 2.38 bits per heavy atom. The van der Waals surface area contributed by atoms with Crippen molar-refractivity contribution in [2.45, 2.75) is 32.4 Å². The van der Waals surface area contributed by atoms with Crippen molar-refractivity contribution < 1.29 is 4.74 Å². The van der Waals surface area contributed by atoms with Crippen LogP contribution in [0.1, 0.15) is 23.5 Å². The number of rotatable bonds is 5. The van der Waals surface area contributed by atoms with Gasteiger partial charge in [0.25, 0.3) is 0 Å². The maximum absolute atomic E-state index is 5.46. The minimum Gasteiger partial charge on any atom is -0.379 e. The fourth-order valence-electron chi connectivity index (χ4n) is 2.25. The molecule has 0 aliphatic carbocycles. The van der Waals surface area contributed by atoms with Gasteiger partial charge < -0.3 is 15.4 Å². The number of thiazole rings is 1. The highest BCUT2D eigenvalue weighted by Gasteiger charge is 2.14. The molecule has 0 unspecified atom stereocenters. The second-order valence-corrected chi connectivity index (χ2v) is 6.10. The largest absolute Gasteiger partial charge is 0.379 e. The molecule has 2 aromatic rings. The minimum absolute atomic E-state index is 0.336. The van der Waals surface area contributed by atoms with E-state index in [0.717, 1.165) is 42.6 Å².